The van der Waals surface area contributed by atoms with E-state index in [1.54, 1.807) is 13.8 Å². The van der Waals surface area contributed by atoms with Gasteiger partial charge in [0.25, 0.3) is 0 Å². The van der Waals surface area contributed by atoms with E-state index >= 15 is 0 Å². The SMILES string of the molecule is CCOC(=O)C(O)CCCC(C)O. The number of esters is 1. The van der Waals surface area contributed by atoms with Crippen LogP contribution in [0.25, 0.3) is 0 Å². The zero-order valence-corrected chi connectivity index (χ0v) is 8.19. The topological polar surface area (TPSA) is 66.8 Å². The highest BCUT2D eigenvalue weighted by Gasteiger charge is 2.15. The molecule has 0 aromatic heterocycles. The highest BCUT2D eigenvalue weighted by Crippen LogP contribution is 2.05. The van der Waals surface area contributed by atoms with E-state index in [9.17, 15) is 9.90 Å². The number of ether oxygens (including phenoxy) is 1. The maximum atomic E-state index is 10.9. The van der Waals surface area contributed by atoms with Crippen LogP contribution in [0, 0.1) is 0 Å². The third-order valence-electron chi connectivity index (χ3n) is 1.66. The third kappa shape index (κ3) is 6.54. The van der Waals surface area contributed by atoms with Crippen LogP contribution in [0.4, 0.5) is 0 Å². The molecule has 0 aliphatic carbocycles. The Kier molecular flexibility index (Phi) is 6.54. The zero-order valence-electron chi connectivity index (χ0n) is 8.19. The van der Waals surface area contributed by atoms with Crippen molar-refractivity contribution < 1.29 is 19.7 Å². The molecular formula is C9H18O4. The fourth-order valence-electron chi connectivity index (χ4n) is 0.963. The summed E-state index contributed by atoms with van der Waals surface area (Å²) in [5, 5.41) is 18.1. The standard InChI is InChI=1S/C9H18O4/c1-3-13-9(12)8(11)6-4-5-7(2)10/h7-8,10-11H,3-6H2,1-2H3. The molecule has 0 aliphatic heterocycles. The largest absolute Gasteiger partial charge is 0.464 e. The summed E-state index contributed by atoms with van der Waals surface area (Å²) in [5.74, 6) is -0.576. The Morgan fingerprint density at radius 2 is 2.00 bits per heavy atom. The maximum Gasteiger partial charge on any atom is 0.334 e. The molecule has 0 saturated carbocycles. The summed E-state index contributed by atoms with van der Waals surface area (Å²) in [5.41, 5.74) is 0. The number of carbonyl (C=O) groups excluding carboxylic acids is 1. The van der Waals surface area contributed by atoms with Gasteiger partial charge in [0.2, 0.25) is 0 Å². The first-order chi connectivity index (χ1) is 6.07. The number of hydrogen-bond acceptors (Lipinski definition) is 4. The Hall–Kier alpha value is -0.610. The van der Waals surface area contributed by atoms with Gasteiger partial charge in [0.05, 0.1) is 12.7 Å². The molecule has 0 heterocycles. The Bertz CT molecular complexity index is 145. The first kappa shape index (κ1) is 12.4. The summed E-state index contributed by atoms with van der Waals surface area (Å²) in [4.78, 5) is 10.9. The molecule has 4 heteroatoms. The average molecular weight is 190 g/mol. The van der Waals surface area contributed by atoms with Crippen molar-refractivity contribution in [1.82, 2.24) is 0 Å². The maximum absolute atomic E-state index is 10.9. The lowest BCUT2D eigenvalue weighted by Crippen LogP contribution is -2.23. The van der Waals surface area contributed by atoms with Gasteiger partial charge in [-0.3, -0.25) is 0 Å². The molecule has 0 spiro atoms. The van der Waals surface area contributed by atoms with E-state index in [-0.39, 0.29) is 12.7 Å². The van der Waals surface area contributed by atoms with Crippen molar-refractivity contribution in [1.29, 1.82) is 0 Å². The fourth-order valence-corrected chi connectivity index (χ4v) is 0.963. The Balaban J connectivity index is 3.49. The predicted molar refractivity (Wildman–Crippen MR) is 48.2 cm³/mol. The van der Waals surface area contributed by atoms with Crippen LogP contribution in [0.3, 0.4) is 0 Å². The molecule has 2 N–H and O–H groups in total. The average Bonchev–Trinajstić information content (AvgIpc) is 2.04. The number of hydrogen-bond donors (Lipinski definition) is 2. The highest BCUT2D eigenvalue weighted by molar-refractivity contribution is 5.74. The van der Waals surface area contributed by atoms with E-state index in [4.69, 9.17) is 5.11 Å². The number of aliphatic hydroxyl groups excluding tert-OH is 2. The second-order valence-corrected chi connectivity index (χ2v) is 3.05. The normalized spacial score (nSPS) is 15.1. The van der Waals surface area contributed by atoms with E-state index < -0.39 is 12.1 Å². The van der Waals surface area contributed by atoms with Gasteiger partial charge in [0.1, 0.15) is 0 Å². The fraction of sp³-hybridized carbons (Fsp3) is 0.889. The molecule has 0 rings (SSSR count). The number of aliphatic hydroxyl groups is 2. The molecule has 0 amide bonds. The van der Waals surface area contributed by atoms with Gasteiger partial charge in [-0.2, -0.15) is 0 Å². The highest BCUT2D eigenvalue weighted by atomic mass is 16.5. The van der Waals surface area contributed by atoms with Gasteiger partial charge in [-0.15, -0.1) is 0 Å². The van der Waals surface area contributed by atoms with Crippen LogP contribution >= 0.6 is 0 Å². The second kappa shape index (κ2) is 6.86. The van der Waals surface area contributed by atoms with Crippen molar-refractivity contribution in [2.75, 3.05) is 6.61 Å². The molecule has 13 heavy (non-hydrogen) atoms. The Labute approximate surface area is 78.5 Å². The summed E-state index contributed by atoms with van der Waals surface area (Å²) in [7, 11) is 0. The van der Waals surface area contributed by atoms with E-state index in [1.807, 2.05) is 0 Å². The lowest BCUT2D eigenvalue weighted by molar-refractivity contribution is -0.153. The van der Waals surface area contributed by atoms with E-state index in [1.165, 1.54) is 0 Å². The summed E-state index contributed by atoms with van der Waals surface area (Å²) >= 11 is 0. The van der Waals surface area contributed by atoms with E-state index in [0.717, 1.165) is 0 Å². The molecule has 0 fully saturated rings. The predicted octanol–water partition coefficient (Wildman–Crippen LogP) is 0.461. The van der Waals surface area contributed by atoms with Crippen LogP contribution in [0.5, 0.6) is 0 Å². The van der Waals surface area contributed by atoms with Crippen molar-refractivity contribution in [3.63, 3.8) is 0 Å². The lowest BCUT2D eigenvalue weighted by Gasteiger charge is -2.09. The molecule has 78 valence electrons. The van der Waals surface area contributed by atoms with Crippen molar-refractivity contribution >= 4 is 5.97 Å². The quantitative estimate of drug-likeness (QED) is 0.597. The van der Waals surface area contributed by atoms with Gasteiger partial charge in [-0.1, -0.05) is 0 Å². The summed E-state index contributed by atoms with van der Waals surface area (Å²) < 4.78 is 4.61. The van der Waals surface area contributed by atoms with Crippen LogP contribution in [0.1, 0.15) is 33.1 Å². The van der Waals surface area contributed by atoms with Gasteiger partial charge >= 0.3 is 5.97 Å². The Morgan fingerprint density at radius 3 is 2.46 bits per heavy atom. The van der Waals surface area contributed by atoms with Gasteiger partial charge in [-0.25, -0.2) is 4.79 Å². The van der Waals surface area contributed by atoms with Crippen molar-refractivity contribution in [2.24, 2.45) is 0 Å². The molecule has 0 saturated heterocycles. The Morgan fingerprint density at radius 1 is 1.38 bits per heavy atom. The minimum atomic E-state index is -1.04. The molecule has 2 unspecified atom stereocenters. The van der Waals surface area contributed by atoms with Crippen LogP contribution in [-0.4, -0.2) is 35.0 Å². The van der Waals surface area contributed by atoms with Gasteiger partial charge in [0.15, 0.2) is 6.10 Å². The zero-order chi connectivity index (χ0) is 10.3. The van der Waals surface area contributed by atoms with Gasteiger partial charge < -0.3 is 14.9 Å². The molecule has 2 atom stereocenters. The molecule has 0 aromatic carbocycles. The van der Waals surface area contributed by atoms with E-state index in [0.29, 0.717) is 19.3 Å². The molecular weight excluding hydrogens is 172 g/mol. The van der Waals surface area contributed by atoms with E-state index in [2.05, 4.69) is 4.74 Å². The van der Waals surface area contributed by atoms with Crippen molar-refractivity contribution in [3.05, 3.63) is 0 Å². The monoisotopic (exact) mass is 190 g/mol. The van der Waals surface area contributed by atoms with Crippen molar-refractivity contribution in [3.8, 4) is 0 Å². The molecule has 4 nitrogen and oxygen atoms in total. The van der Waals surface area contributed by atoms with Crippen molar-refractivity contribution in [2.45, 2.75) is 45.3 Å². The van der Waals surface area contributed by atoms with Crippen LogP contribution in [0.15, 0.2) is 0 Å². The molecule has 0 radical (unpaired) electrons. The summed E-state index contributed by atoms with van der Waals surface area (Å²) in [6.45, 7) is 3.66. The lowest BCUT2D eigenvalue weighted by atomic mass is 10.1. The minimum Gasteiger partial charge on any atom is -0.464 e. The van der Waals surface area contributed by atoms with Gasteiger partial charge in [0, 0.05) is 0 Å². The second-order valence-electron chi connectivity index (χ2n) is 3.05. The molecule has 0 aliphatic rings. The molecule has 0 aromatic rings. The van der Waals surface area contributed by atoms with Crippen LogP contribution in [0.2, 0.25) is 0 Å². The van der Waals surface area contributed by atoms with Crippen LogP contribution < -0.4 is 0 Å². The number of rotatable bonds is 6. The smallest absolute Gasteiger partial charge is 0.334 e. The summed E-state index contributed by atoms with van der Waals surface area (Å²) in [6, 6.07) is 0. The third-order valence-corrected chi connectivity index (χ3v) is 1.66. The number of carbonyl (C=O) groups is 1. The van der Waals surface area contributed by atoms with Gasteiger partial charge in [-0.05, 0) is 33.1 Å². The first-order valence-electron chi connectivity index (χ1n) is 4.60. The first-order valence-corrected chi connectivity index (χ1v) is 4.60. The van der Waals surface area contributed by atoms with Crippen LogP contribution in [-0.2, 0) is 9.53 Å². The minimum absolute atomic E-state index is 0.284. The summed E-state index contributed by atoms with van der Waals surface area (Å²) in [6.07, 6.45) is 0.144. The molecule has 0 bridgehead atoms.